The second kappa shape index (κ2) is 9.93. The molecule has 0 spiro atoms. The highest BCUT2D eigenvalue weighted by atomic mass is 16.2. The number of carbonyl (C=O) groups excluding carboxylic acids is 1. The zero-order valence-electron chi connectivity index (χ0n) is 21.3. The maximum absolute atomic E-state index is 13.2. The molecule has 0 radical (unpaired) electrons. The Morgan fingerprint density at radius 3 is 2.27 bits per heavy atom. The molecule has 9 nitrogen and oxygen atoms in total. The molecule has 0 bridgehead atoms. The second-order valence-corrected chi connectivity index (χ2v) is 9.42. The number of aromatic nitrogens is 4. The number of hydrogen-bond acceptors (Lipinski definition) is 5. The number of carbonyl (C=O) groups is 1. The predicted molar refractivity (Wildman–Crippen MR) is 145 cm³/mol. The monoisotopic (exact) mass is 498 g/mol. The van der Waals surface area contributed by atoms with Gasteiger partial charge in [0.25, 0.3) is 5.56 Å². The van der Waals surface area contributed by atoms with Gasteiger partial charge in [-0.3, -0.25) is 23.3 Å². The van der Waals surface area contributed by atoms with Crippen molar-refractivity contribution in [3.8, 4) is 0 Å². The minimum atomic E-state index is -0.412. The second-order valence-electron chi connectivity index (χ2n) is 9.42. The van der Waals surface area contributed by atoms with Crippen LogP contribution in [-0.2, 0) is 25.4 Å². The van der Waals surface area contributed by atoms with Gasteiger partial charge in [0.1, 0.15) is 0 Å². The molecule has 0 aliphatic carbocycles. The fourth-order valence-electron chi connectivity index (χ4n) is 4.67. The van der Waals surface area contributed by atoms with Crippen molar-refractivity contribution in [3.63, 3.8) is 0 Å². The molecule has 2 aromatic carbocycles. The van der Waals surface area contributed by atoms with Crippen LogP contribution in [0.3, 0.4) is 0 Å². The van der Waals surface area contributed by atoms with Crippen LogP contribution in [0, 0.1) is 6.92 Å². The van der Waals surface area contributed by atoms with Crippen molar-refractivity contribution < 1.29 is 4.79 Å². The largest absolute Gasteiger partial charge is 0.339 e. The predicted octanol–water partition coefficient (Wildman–Crippen LogP) is 2.15. The summed E-state index contributed by atoms with van der Waals surface area (Å²) in [5.41, 5.74) is 3.13. The van der Waals surface area contributed by atoms with E-state index in [1.807, 2.05) is 77.1 Å². The molecule has 9 heteroatoms. The molecule has 1 amide bonds. The number of aryl methyl sites for hydroxylation is 2. The minimum absolute atomic E-state index is 0.0343. The number of nitrogens with zero attached hydrogens (tertiary/aromatic N) is 6. The van der Waals surface area contributed by atoms with Crippen LogP contribution in [-0.4, -0.2) is 55.7 Å². The van der Waals surface area contributed by atoms with Gasteiger partial charge in [-0.25, -0.2) is 4.79 Å². The standard InChI is InChI=1S/C28H30N6O3/c1-20-9-11-22(12-10-20)19-34-24-25(30(2)28(37)31(3)26(24)36)29-27(34)33-17-15-32(16-18-33)23(35)14-13-21-7-5-4-6-8-21/h4-14H,15-19H2,1-3H3/b14-13+. The van der Waals surface area contributed by atoms with E-state index >= 15 is 0 Å². The number of piperazine rings is 1. The van der Waals surface area contributed by atoms with E-state index in [1.165, 1.54) is 11.6 Å². The lowest BCUT2D eigenvalue weighted by atomic mass is 10.1. The van der Waals surface area contributed by atoms with Crippen LogP contribution < -0.4 is 16.1 Å². The van der Waals surface area contributed by atoms with Crippen molar-refractivity contribution in [1.29, 1.82) is 0 Å². The molecular weight excluding hydrogens is 468 g/mol. The maximum atomic E-state index is 13.2. The molecule has 5 rings (SSSR count). The summed E-state index contributed by atoms with van der Waals surface area (Å²) in [7, 11) is 3.12. The summed E-state index contributed by atoms with van der Waals surface area (Å²) < 4.78 is 4.43. The highest BCUT2D eigenvalue weighted by Crippen LogP contribution is 2.23. The minimum Gasteiger partial charge on any atom is -0.339 e. The molecule has 37 heavy (non-hydrogen) atoms. The lowest BCUT2D eigenvalue weighted by Crippen LogP contribution is -2.49. The van der Waals surface area contributed by atoms with E-state index in [9.17, 15) is 14.4 Å². The first-order valence-electron chi connectivity index (χ1n) is 12.3. The number of rotatable bonds is 5. The Labute approximate surface area is 214 Å². The SMILES string of the molecule is Cc1ccc(Cn2c(N3CCN(C(=O)/C=C/c4ccccc4)CC3)nc3c2c(=O)n(C)c(=O)n3C)cc1. The zero-order chi connectivity index (χ0) is 26.1. The molecular formula is C28H30N6O3. The quantitative estimate of drug-likeness (QED) is 0.394. The van der Waals surface area contributed by atoms with Gasteiger partial charge in [-0.1, -0.05) is 60.2 Å². The van der Waals surface area contributed by atoms with Crippen molar-refractivity contribution >= 4 is 29.1 Å². The molecule has 3 heterocycles. The molecule has 1 fully saturated rings. The van der Waals surface area contributed by atoms with E-state index in [0.717, 1.165) is 21.3 Å². The number of fused-ring (bicyclic) bond motifs is 1. The molecule has 4 aromatic rings. The first-order chi connectivity index (χ1) is 17.8. The van der Waals surface area contributed by atoms with Gasteiger partial charge in [-0.05, 0) is 24.1 Å². The van der Waals surface area contributed by atoms with Crippen LogP contribution >= 0.6 is 0 Å². The van der Waals surface area contributed by atoms with E-state index in [0.29, 0.717) is 49.8 Å². The Kier molecular flexibility index (Phi) is 6.52. The van der Waals surface area contributed by atoms with Crippen molar-refractivity contribution in [1.82, 2.24) is 23.6 Å². The first kappa shape index (κ1) is 24.3. The Bertz CT molecular complexity index is 1590. The third-order valence-electron chi connectivity index (χ3n) is 6.88. The van der Waals surface area contributed by atoms with E-state index in [-0.39, 0.29) is 11.5 Å². The van der Waals surface area contributed by atoms with Gasteiger partial charge >= 0.3 is 5.69 Å². The first-order valence-corrected chi connectivity index (χ1v) is 12.3. The van der Waals surface area contributed by atoms with Crippen LogP contribution in [0.5, 0.6) is 0 Å². The van der Waals surface area contributed by atoms with Gasteiger partial charge < -0.3 is 9.80 Å². The summed E-state index contributed by atoms with van der Waals surface area (Å²) in [5.74, 6) is 0.591. The zero-order valence-corrected chi connectivity index (χ0v) is 21.3. The molecule has 1 aliphatic heterocycles. The van der Waals surface area contributed by atoms with Crippen molar-refractivity contribution in [2.75, 3.05) is 31.1 Å². The van der Waals surface area contributed by atoms with E-state index < -0.39 is 5.69 Å². The molecule has 0 N–H and O–H groups in total. The summed E-state index contributed by atoms with van der Waals surface area (Å²) in [6.07, 6.45) is 3.43. The fraction of sp³-hybridized carbons (Fsp3) is 0.286. The van der Waals surface area contributed by atoms with Crippen LogP contribution in [0.2, 0.25) is 0 Å². The third kappa shape index (κ3) is 4.72. The van der Waals surface area contributed by atoms with E-state index in [2.05, 4.69) is 4.90 Å². The molecule has 190 valence electrons. The molecule has 1 aliphatic rings. The molecule has 1 saturated heterocycles. The molecule has 2 aromatic heterocycles. The maximum Gasteiger partial charge on any atom is 0.332 e. The van der Waals surface area contributed by atoms with Gasteiger partial charge in [0.05, 0.1) is 6.54 Å². The number of hydrogen-bond donors (Lipinski definition) is 0. The normalized spacial score (nSPS) is 14.1. The highest BCUT2D eigenvalue weighted by molar-refractivity contribution is 5.92. The summed E-state index contributed by atoms with van der Waals surface area (Å²) in [6.45, 7) is 4.67. The molecule has 0 saturated carbocycles. The Morgan fingerprint density at radius 1 is 0.919 bits per heavy atom. The summed E-state index contributed by atoms with van der Waals surface area (Å²) in [6, 6.07) is 17.9. The molecule has 0 atom stereocenters. The highest BCUT2D eigenvalue weighted by Gasteiger charge is 2.26. The number of benzene rings is 2. The van der Waals surface area contributed by atoms with Crippen LogP contribution in [0.1, 0.15) is 16.7 Å². The van der Waals surface area contributed by atoms with Crippen LogP contribution in [0.25, 0.3) is 17.2 Å². The number of imidazole rings is 1. The van der Waals surface area contributed by atoms with Gasteiger partial charge in [0, 0.05) is 46.4 Å². The van der Waals surface area contributed by atoms with E-state index in [4.69, 9.17) is 4.98 Å². The molecule has 0 unspecified atom stereocenters. The summed E-state index contributed by atoms with van der Waals surface area (Å²) >= 11 is 0. The average Bonchev–Trinajstić information content (AvgIpc) is 3.30. The summed E-state index contributed by atoms with van der Waals surface area (Å²) in [4.78, 5) is 47.2. The van der Waals surface area contributed by atoms with Crippen molar-refractivity contribution in [2.24, 2.45) is 14.1 Å². The topological polar surface area (TPSA) is 85.4 Å². The van der Waals surface area contributed by atoms with Gasteiger partial charge in [-0.15, -0.1) is 0 Å². The Hall–Kier alpha value is -4.40. The fourth-order valence-corrected chi connectivity index (χ4v) is 4.67. The lowest BCUT2D eigenvalue weighted by molar-refractivity contribution is -0.126. The van der Waals surface area contributed by atoms with Crippen LogP contribution in [0.15, 0.2) is 70.3 Å². The lowest BCUT2D eigenvalue weighted by Gasteiger charge is -2.35. The number of anilines is 1. The smallest absolute Gasteiger partial charge is 0.332 e. The average molecular weight is 499 g/mol. The van der Waals surface area contributed by atoms with Crippen molar-refractivity contribution in [2.45, 2.75) is 13.5 Å². The Balaban J connectivity index is 1.45. The number of amides is 1. The third-order valence-corrected chi connectivity index (χ3v) is 6.88. The van der Waals surface area contributed by atoms with E-state index in [1.54, 1.807) is 13.1 Å². The Morgan fingerprint density at radius 2 is 1.59 bits per heavy atom. The van der Waals surface area contributed by atoms with Gasteiger partial charge in [0.15, 0.2) is 11.2 Å². The summed E-state index contributed by atoms with van der Waals surface area (Å²) in [5, 5.41) is 0. The van der Waals surface area contributed by atoms with Crippen molar-refractivity contribution in [3.05, 3.63) is 98.2 Å². The van der Waals surface area contributed by atoms with Gasteiger partial charge in [-0.2, -0.15) is 4.98 Å². The van der Waals surface area contributed by atoms with Gasteiger partial charge in [0.2, 0.25) is 11.9 Å². The van der Waals surface area contributed by atoms with Crippen LogP contribution in [0.4, 0.5) is 5.95 Å².